The van der Waals surface area contributed by atoms with Crippen molar-refractivity contribution >= 4 is 18.1 Å². The first-order valence-electron chi connectivity index (χ1n) is 22.7. The predicted molar refractivity (Wildman–Crippen MR) is 243 cm³/mol. The van der Waals surface area contributed by atoms with Crippen molar-refractivity contribution in [3.63, 3.8) is 0 Å². The molecule has 4 aromatic carbocycles. The van der Waals surface area contributed by atoms with Crippen LogP contribution in [0.4, 0.5) is 4.79 Å². The van der Waals surface area contributed by atoms with Gasteiger partial charge in [0.25, 0.3) is 0 Å². The summed E-state index contributed by atoms with van der Waals surface area (Å²) in [5.41, 5.74) is 4.68. The molecule has 6 atom stereocenters. The zero-order valence-corrected chi connectivity index (χ0v) is 36.8. The molecule has 0 saturated heterocycles. The highest BCUT2D eigenvalue weighted by Gasteiger charge is 2.65. The lowest BCUT2D eigenvalue weighted by Crippen LogP contribution is -2.70. The number of oxime groups is 1. The van der Waals surface area contributed by atoms with Gasteiger partial charge in [-0.05, 0) is 104 Å². The van der Waals surface area contributed by atoms with Crippen LogP contribution in [0.3, 0.4) is 0 Å². The molecular formula is C52H58N2O11. The Hall–Kier alpha value is -6.15. The second kappa shape index (κ2) is 21.2. The van der Waals surface area contributed by atoms with Crippen LogP contribution in [-0.2, 0) is 27.5 Å². The number of unbranched alkanes of at least 4 members (excludes halogenated alkanes) is 2. The van der Waals surface area contributed by atoms with Crippen LogP contribution in [0.2, 0.25) is 0 Å². The topological polar surface area (TPSA) is 155 Å². The highest BCUT2D eigenvalue weighted by atomic mass is 16.7. The van der Waals surface area contributed by atoms with Crippen molar-refractivity contribution in [2.24, 2.45) is 22.9 Å². The highest BCUT2D eigenvalue weighted by molar-refractivity contribution is 6.03. The number of hydrogen-bond donors (Lipinski definition) is 2. The first kappa shape index (κ1) is 45.4. The number of hydrogen-bond acceptors (Lipinski definition) is 12. The molecular weight excluding hydrogens is 829 g/mol. The van der Waals surface area contributed by atoms with Crippen LogP contribution in [-0.4, -0.2) is 78.3 Å². The summed E-state index contributed by atoms with van der Waals surface area (Å²) in [5.74, 6) is 0.514. The lowest BCUT2D eigenvalue weighted by atomic mass is 9.55. The van der Waals surface area contributed by atoms with Crippen molar-refractivity contribution in [3.05, 3.63) is 138 Å². The van der Waals surface area contributed by atoms with E-state index in [9.17, 15) is 19.8 Å². The van der Waals surface area contributed by atoms with E-state index in [0.29, 0.717) is 52.9 Å². The Bertz CT molecular complexity index is 2350. The summed E-state index contributed by atoms with van der Waals surface area (Å²) >= 11 is 0. The van der Waals surface area contributed by atoms with Gasteiger partial charge in [-0.3, -0.25) is 9.69 Å². The number of allylic oxidation sites excluding steroid dienone is 1. The van der Waals surface area contributed by atoms with Crippen molar-refractivity contribution in [1.82, 2.24) is 4.90 Å². The van der Waals surface area contributed by atoms with Gasteiger partial charge in [-0.2, -0.15) is 0 Å². The van der Waals surface area contributed by atoms with Crippen LogP contribution in [0.1, 0.15) is 84.8 Å². The molecule has 65 heavy (non-hydrogen) atoms. The minimum absolute atomic E-state index is 0.00729. The number of aliphatic hydroxyl groups excluding tert-OH is 2. The second-order valence-corrected chi connectivity index (χ2v) is 16.8. The summed E-state index contributed by atoms with van der Waals surface area (Å²) in [6.45, 7) is 6.64. The molecule has 0 bridgehead atoms. The third-order valence-corrected chi connectivity index (χ3v) is 12.8. The largest absolute Gasteiger partial charge is 0.459 e. The number of rotatable bonds is 21. The fourth-order valence-electron chi connectivity index (χ4n) is 10.0. The van der Waals surface area contributed by atoms with Gasteiger partial charge in [0.1, 0.15) is 36.2 Å². The molecule has 4 aliphatic rings. The van der Waals surface area contributed by atoms with E-state index in [1.807, 2.05) is 72.8 Å². The number of aliphatic hydroxyl groups is 2. The van der Waals surface area contributed by atoms with Gasteiger partial charge in [0.05, 0.1) is 24.8 Å². The molecule has 0 aromatic heterocycles. The van der Waals surface area contributed by atoms with Gasteiger partial charge >= 0.3 is 6.09 Å². The van der Waals surface area contributed by atoms with Crippen molar-refractivity contribution < 1.29 is 53.1 Å². The summed E-state index contributed by atoms with van der Waals surface area (Å²) in [6.07, 6.45) is 8.80. The van der Waals surface area contributed by atoms with E-state index in [0.717, 1.165) is 54.2 Å². The third kappa shape index (κ3) is 9.92. The normalized spacial score (nSPS) is 23.0. The first-order chi connectivity index (χ1) is 31.9. The van der Waals surface area contributed by atoms with Crippen molar-refractivity contribution in [3.8, 4) is 28.7 Å². The van der Waals surface area contributed by atoms with Crippen LogP contribution in [0, 0.1) is 17.8 Å². The Kier molecular flexibility index (Phi) is 14.8. The maximum Gasteiger partial charge on any atom is 0.410 e. The van der Waals surface area contributed by atoms with Crippen LogP contribution < -0.4 is 18.9 Å². The maximum atomic E-state index is 14.6. The molecule has 13 heteroatoms. The fourth-order valence-corrected chi connectivity index (χ4v) is 10.0. The Morgan fingerprint density at radius 1 is 0.892 bits per heavy atom. The Morgan fingerprint density at radius 2 is 1.68 bits per heavy atom. The summed E-state index contributed by atoms with van der Waals surface area (Å²) in [4.78, 5) is 34.3. The van der Waals surface area contributed by atoms with Gasteiger partial charge in [-0.25, -0.2) is 4.79 Å². The Labute approximate surface area is 380 Å². The lowest BCUT2D eigenvalue weighted by molar-refractivity contribution is -0.256. The molecule has 2 heterocycles. The van der Waals surface area contributed by atoms with Crippen LogP contribution in [0.15, 0.2) is 120 Å². The number of carbonyl (C=O) groups is 2. The van der Waals surface area contributed by atoms with Crippen LogP contribution in [0.25, 0.3) is 0 Å². The first-order valence-corrected chi connectivity index (χ1v) is 22.7. The summed E-state index contributed by atoms with van der Waals surface area (Å²) < 4.78 is 38.2. The van der Waals surface area contributed by atoms with E-state index in [4.69, 9.17) is 38.4 Å². The zero-order valence-electron chi connectivity index (χ0n) is 36.8. The molecule has 8 rings (SSSR count). The average Bonchev–Trinajstić information content (AvgIpc) is 3.80. The summed E-state index contributed by atoms with van der Waals surface area (Å²) in [6, 6.07) is 27.4. The standard InChI is InChI=1S/C52H58N2O11/c1-3-25-62-52-48(54(51(58)59-4-2)31-36-19-21-46-47(27-36)61-34-60-46)30-44(53-63-33-35-13-6-5-7-14-35)42-28-38(16-8-10-23-55)41(18-9-11-24-56)49(50(42)52)43-29-40(20-22-45(43)65-52)64-39-17-12-15-37(26-39)32-57/h3,5-7,12-15,17,19-22,26-29,32,38,41,48-50,55-56H,1,4,8-11,16,18,23-25,30-31,33-34H2,2H3. The smallest absolute Gasteiger partial charge is 0.410 e. The molecule has 1 saturated carbocycles. The van der Waals surface area contributed by atoms with E-state index in [1.54, 1.807) is 36.1 Å². The Morgan fingerprint density at radius 3 is 2.46 bits per heavy atom. The lowest BCUT2D eigenvalue weighted by Gasteiger charge is -2.59. The number of ether oxygens (including phenoxy) is 6. The maximum absolute atomic E-state index is 14.6. The number of benzene rings is 4. The number of nitrogens with zero attached hydrogens (tertiary/aromatic N) is 2. The van der Waals surface area contributed by atoms with E-state index >= 15 is 0 Å². The zero-order chi connectivity index (χ0) is 45.2. The van der Waals surface area contributed by atoms with Crippen molar-refractivity contribution in [2.75, 3.05) is 33.2 Å². The fraction of sp³-hybridized carbons (Fsp3) is 0.404. The molecule has 342 valence electrons. The highest BCUT2D eigenvalue weighted by Crippen LogP contribution is 2.62. The van der Waals surface area contributed by atoms with E-state index < -0.39 is 23.8 Å². The van der Waals surface area contributed by atoms with Gasteiger partial charge in [-0.1, -0.05) is 78.7 Å². The van der Waals surface area contributed by atoms with Gasteiger partial charge < -0.3 is 43.5 Å². The molecule has 6 unspecified atom stereocenters. The van der Waals surface area contributed by atoms with Gasteiger partial charge in [0.15, 0.2) is 11.5 Å². The molecule has 1 amide bonds. The van der Waals surface area contributed by atoms with E-state index in [1.165, 1.54) is 0 Å². The van der Waals surface area contributed by atoms with Gasteiger partial charge in [0.2, 0.25) is 12.6 Å². The number of amides is 1. The van der Waals surface area contributed by atoms with Gasteiger partial charge in [0, 0.05) is 43.2 Å². The molecule has 0 spiro atoms. The number of aldehydes is 1. The summed E-state index contributed by atoms with van der Waals surface area (Å²) in [7, 11) is 0. The van der Waals surface area contributed by atoms with Crippen molar-refractivity contribution in [2.45, 2.75) is 82.8 Å². The molecule has 2 aliphatic heterocycles. The monoisotopic (exact) mass is 886 g/mol. The van der Waals surface area contributed by atoms with Gasteiger partial charge in [-0.15, -0.1) is 6.58 Å². The average molecular weight is 887 g/mol. The van der Waals surface area contributed by atoms with E-state index in [2.05, 4.69) is 12.7 Å². The van der Waals surface area contributed by atoms with Crippen LogP contribution >= 0.6 is 0 Å². The number of fused-ring (bicyclic) bond motifs is 3. The molecule has 0 radical (unpaired) electrons. The molecule has 1 fully saturated rings. The minimum Gasteiger partial charge on any atom is -0.459 e. The second-order valence-electron chi connectivity index (χ2n) is 16.8. The number of carbonyl (C=O) groups excluding carboxylic acids is 2. The van der Waals surface area contributed by atoms with E-state index in [-0.39, 0.29) is 70.5 Å². The Balaban J connectivity index is 1.33. The molecule has 13 nitrogen and oxygen atoms in total. The third-order valence-electron chi connectivity index (χ3n) is 12.8. The van der Waals surface area contributed by atoms with Crippen LogP contribution in [0.5, 0.6) is 28.7 Å². The van der Waals surface area contributed by atoms with Crippen molar-refractivity contribution in [1.29, 1.82) is 0 Å². The quantitative estimate of drug-likeness (QED) is 0.0356. The molecule has 4 aromatic rings. The predicted octanol–water partition coefficient (Wildman–Crippen LogP) is 9.51. The summed E-state index contributed by atoms with van der Waals surface area (Å²) in [5, 5.41) is 24.9. The molecule has 2 aliphatic carbocycles. The SMILES string of the molecule is C=CCOC12Oc3ccc(Oc4cccc(C=O)c4)cc3C3C(CCCCO)C(CCCCO)C=C(C(=NOCc4ccccc4)CC1N(Cc1ccc4c(c1)OCO4)C(=O)OCC)C32. The minimum atomic E-state index is -1.51. The molecule has 2 N–H and O–H groups in total.